The van der Waals surface area contributed by atoms with Crippen molar-refractivity contribution in [3.8, 4) is 12.3 Å². The first kappa shape index (κ1) is 11.2. The van der Waals surface area contributed by atoms with Crippen LogP contribution in [0, 0.1) is 12.3 Å². The molecule has 68 valence electrons. The molecular formula is C10H17NO. The van der Waals surface area contributed by atoms with Crippen LogP contribution >= 0.6 is 0 Å². The zero-order valence-corrected chi connectivity index (χ0v) is 7.68. The van der Waals surface area contributed by atoms with E-state index in [2.05, 4.69) is 5.92 Å². The van der Waals surface area contributed by atoms with Crippen LogP contribution in [0.3, 0.4) is 0 Å². The minimum atomic E-state index is 0.199. The number of hydrogen-bond acceptors (Lipinski definition) is 2. The summed E-state index contributed by atoms with van der Waals surface area (Å²) >= 11 is 0. The Kier molecular flexibility index (Phi) is 6.41. The molecule has 0 fully saturated rings. The SMILES string of the molecule is C#CCCC(=O)CCCC(C)N. The third-order valence-electron chi connectivity index (χ3n) is 1.66. The van der Waals surface area contributed by atoms with Crippen molar-refractivity contribution in [1.29, 1.82) is 0 Å². The second-order valence-corrected chi connectivity index (χ2v) is 3.11. The highest BCUT2D eigenvalue weighted by Gasteiger charge is 2.01. The molecule has 0 rings (SSSR count). The van der Waals surface area contributed by atoms with E-state index in [1.165, 1.54) is 0 Å². The average molecular weight is 167 g/mol. The van der Waals surface area contributed by atoms with Gasteiger partial charge in [0, 0.05) is 25.3 Å². The number of terminal acetylenes is 1. The lowest BCUT2D eigenvalue weighted by Gasteiger charge is -2.02. The van der Waals surface area contributed by atoms with Crippen molar-refractivity contribution in [2.45, 2.75) is 45.1 Å². The molecule has 0 aliphatic heterocycles. The molecule has 0 bridgehead atoms. The molecule has 0 spiro atoms. The van der Waals surface area contributed by atoms with Crippen molar-refractivity contribution < 1.29 is 4.79 Å². The van der Waals surface area contributed by atoms with Crippen LogP contribution in [-0.2, 0) is 4.79 Å². The second kappa shape index (κ2) is 6.87. The van der Waals surface area contributed by atoms with E-state index < -0.39 is 0 Å². The summed E-state index contributed by atoms with van der Waals surface area (Å²) in [7, 11) is 0. The van der Waals surface area contributed by atoms with Crippen LogP contribution in [-0.4, -0.2) is 11.8 Å². The number of nitrogens with two attached hydrogens (primary N) is 1. The summed E-state index contributed by atoms with van der Waals surface area (Å²) in [6, 6.07) is 0.199. The zero-order valence-electron chi connectivity index (χ0n) is 7.68. The quantitative estimate of drug-likeness (QED) is 0.609. The van der Waals surface area contributed by atoms with Crippen LogP contribution in [0.5, 0.6) is 0 Å². The third kappa shape index (κ3) is 7.30. The Bertz CT molecular complexity index is 167. The van der Waals surface area contributed by atoms with Gasteiger partial charge in [0.1, 0.15) is 5.78 Å². The Morgan fingerprint density at radius 1 is 1.58 bits per heavy atom. The van der Waals surface area contributed by atoms with E-state index in [4.69, 9.17) is 12.2 Å². The maximum absolute atomic E-state index is 11.0. The summed E-state index contributed by atoms with van der Waals surface area (Å²) in [4.78, 5) is 11.0. The topological polar surface area (TPSA) is 43.1 Å². The van der Waals surface area contributed by atoms with Crippen molar-refractivity contribution in [1.82, 2.24) is 0 Å². The summed E-state index contributed by atoms with van der Waals surface area (Å²) in [6.07, 6.45) is 8.56. The third-order valence-corrected chi connectivity index (χ3v) is 1.66. The fourth-order valence-electron chi connectivity index (χ4n) is 0.958. The van der Waals surface area contributed by atoms with Gasteiger partial charge in [-0.05, 0) is 19.8 Å². The average Bonchev–Trinajstić information content (AvgIpc) is 2.00. The van der Waals surface area contributed by atoms with E-state index in [1.807, 2.05) is 6.92 Å². The van der Waals surface area contributed by atoms with Crippen LogP contribution in [0.4, 0.5) is 0 Å². The molecule has 2 nitrogen and oxygen atoms in total. The van der Waals surface area contributed by atoms with Gasteiger partial charge >= 0.3 is 0 Å². The maximum atomic E-state index is 11.0. The van der Waals surface area contributed by atoms with Crippen molar-refractivity contribution in [3.63, 3.8) is 0 Å². The molecule has 1 atom stereocenters. The van der Waals surface area contributed by atoms with E-state index >= 15 is 0 Å². The molecule has 0 amide bonds. The van der Waals surface area contributed by atoms with Crippen molar-refractivity contribution in [2.24, 2.45) is 5.73 Å². The lowest BCUT2D eigenvalue weighted by atomic mass is 10.1. The molecule has 0 saturated carbocycles. The maximum Gasteiger partial charge on any atom is 0.133 e. The number of Topliss-reactive ketones (excluding diaryl/α,β-unsaturated/α-hetero) is 1. The number of carbonyl (C=O) groups excluding carboxylic acids is 1. The molecule has 0 aliphatic rings. The molecule has 0 aromatic heterocycles. The first-order chi connectivity index (χ1) is 5.66. The number of carbonyl (C=O) groups is 1. The van der Waals surface area contributed by atoms with Gasteiger partial charge < -0.3 is 5.73 Å². The lowest BCUT2D eigenvalue weighted by molar-refractivity contribution is -0.119. The van der Waals surface area contributed by atoms with Gasteiger partial charge in [-0.2, -0.15) is 0 Å². The minimum absolute atomic E-state index is 0.199. The number of hydrogen-bond donors (Lipinski definition) is 1. The van der Waals surface area contributed by atoms with E-state index in [-0.39, 0.29) is 11.8 Å². The van der Waals surface area contributed by atoms with E-state index in [0.29, 0.717) is 19.3 Å². The van der Waals surface area contributed by atoms with Crippen LogP contribution in [0.25, 0.3) is 0 Å². The normalized spacial score (nSPS) is 12.1. The van der Waals surface area contributed by atoms with Crippen LogP contribution < -0.4 is 5.73 Å². The molecule has 0 heterocycles. The monoisotopic (exact) mass is 167 g/mol. The fourth-order valence-corrected chi connectivity index (χ4v) is 0.958. The molecular weight excluding hydrogens is 150 g/mol. The van der Waals surface area contributed by atoms with Crippen LogP contribution in [0.15, 0.2) is 0 Å². The highest BCUT2D eigenvalue weighted by molar-refractivity contribution is 5.78. The standard InChI is InChI=1S/C10H17NO/c1-3-4-7-10(12)8-5-6-9(2)11/h1,9H,4-8,11H2,2H3. The van der Waals surface area contributed by atoms with Crippen molar-refractivity contribution in [2.75, 3.05) is 0 Å². The smallest absolute Gasteiger partial charge is 0.133 e. The van der Waals surface area contributed by atoms with Crippen LogP contribution in [0.2, 0.25) is 0 Å². The molecule has 12 heavy (non-hydrogen) atoms. The van der Waals surface area contributed by atoms with Crippen molar-refractivity contribution >= 4 is 5.78 Å². The molecule has 0 aliphatic carbocycles. The van der Waals surface area contributed by atoms with Gasteiger partial charge in [-0.1, -0.05) is 0 Å². The van der Waals surface area contributed by atoms with Gasteiger partial charge in [-0.25, -0.2) is 0 Å². The lowest BCUT2D eigenvalue weighted by Crippen LogP contribution is -2.14. The predicted octanol–water partition coefficient (Wildman–Crippen LogP) is 1.49. The Morgan fingerprint density at radius 3 is 2.75 bits per heavy atom. The fraction of sp³-hybridized carbons (Fsp3) is 0.700. The molecule has 0 aromatic rings. The molecule has 2 N–H and O–H groups in total. The van der Waals surface area contributed by atoms with E-state index in [0.717, 1.165) is 12.8 Å². The highest BCUT2D eigenvalue weighted by Crippen LogP contribution is 2.02. The Labute approximate surface area is 74.5 Å². The predicted molar refractivity (Wildman–Crippen MR) is 50.6 cm³/mol. The molecule has 2 heteroatoms. The molecule has 0 aromatic carbocycles. The van der Waals surface area contributed by atoms with Gasteiger partial charge in [0.25, 0.3) is 0 Å². The second-order valence-electron chi connectivity index (χ2n) is 3.11. The van der Waals surface area contributed by atoms with E-state index in [9.17, 15) is 4.79 Å². The molecule has 0 radical (unpaired) electrons. The first-order valence-electron chi connectivity index (χ1n) is 4.37. The Balaban J connectivity index is 3.27. The number of ketones is 1. The largest absolute Gasteiger partial charge is 0.328 e. The zero-order chi connectivity index (χ0) is 9.40. The summed E-state index contributed by atoms with van der Waals surface area (Å²) in [5.41, 5.74) is 5.54. The van der Waals surface area contributed by atoms with Gasteiger partial charge in [0.15, 0.2) is 0 Å². The van der Waals surface area contributed by atoms with Gasteiger partial charge in [-0.15, -0.1) is 12.3 Å². The van der Waals surface area contributed by atoms with Gasteiger partial charge in [0.2, 0.25) is 0 Å². The summed E-state index contributed by atoms with van der Waals surface area (Å²) in [5, 5.41) is 0. The highest BCUT2D eigenvalue weighted by atomic mass is 16.1. The summed E-state index contributed by atoms with van der Waals surface area (Å²) in [6.45, 7) is 1.95. The van der Waals surface area contributed by atoms with Gasteiger partial charge in [0.05, 0.1) is 0 Å². The first-order valence-corrected chi connectivity index (χ1v) is 4.37. The molecule has 1 unspecified atom stereocenters. The minimum Gasteiger partial charge on any atom is -0.328 e. The summed E-state index contributed by atoms with van der Waals surface area (Å²) < 4.78 is 0. The Hall–Kier alpha value is -0.810. The number of rotatable bonds is 6. The van der Waals surface area contributed by atoms with Crippen LogP contribution in [0.1, 0.15) is 39.0 Å². The van der Waals surface area contributed by atoms with Crippen molar-refractivity contribution in [3.05, 3.63) is 0 Å². The Morgan fingerprint density at radius 2 is 2.25 bits per heavy atom. The van der Waals surface area contributed by atoms with Gasteiger partial charge in [-0.3, -0.25) is 4.79 Å². The summed E-state index contributed by atoms with van der Waals surface area (Å²) in [5.74, 6) is 2.71. The van der Waals surface area contributed by atoms with E-state index in [1.54, 1.807) is 0 Å². The molecule has 0 saturated heterocycles.